The highest BCUT2D eigenvalue weighted by Crippen LogP contribution is 2.31. The van der Waals surface area contributed by atoms with Gasteiger partial charge in [-0.1, -0.05) is 24.0 Å². The van der Waals surface area contributed by atoms with Crippen molar-refractivity contribution in [3.8, 4) is 23.1 Å². The first-order valence-electron chi connectivity index (χ1n) is 9.45. The Labute approximate surface area is 177 Å². The van der Waals surface area contributed by atoms with E-state index < -0.39 is 11.6 Å². The van der Waals surface area contributed by atoms with Gasteiger partial charge in [0.2, 0.25) is 11.4 Å². The molecule has 1 aliphatic heterocycles. The predicted octanol–water partition coefficient (Wildman–Crippen LogP) is 2.48. The van der Waals surface area contributed by atoms with Crippen molar-refractivity contribution >= 4 is 33.4 Å². The predicted molar refractivity (Wildman–Crippen MR) is 113 cm³/mol. The monoisotopic (exact) mass is 421 g/mol. The maximum atomic E-state index is 12.2. The number of aliphatic hydroxyl groups is 1. The Kier molecular flexibility index (Phi) is 5.24. The number of hydrogen-bond donors (Lipinski definition) is 1. The molecule has 4 rings (SSSR count). The van der Waals surface area contributed by atoms with Crippen molar-refractivity contribution in [3.63, 3.8) is 0 Å². The lowest BCUT2D eigenvalue weighted by Gasteiger charge is -2.13. The number of rotatable bonds is 3. The fourth-order valence-corrected chi connectivity index (χ4v) is 4.08. The van der Waals surface area contributed by atoms with E-state index in [2.05, 4.69) is 21.8 Å². The summed E-state index contributed by atoms with van der Waals surface area (Å²) in [6.07, 6.45) is 0.277. The van der Waals surface area contributed by atoms with E-state index >= 15 is 0 Å². The Morgan fingerprint density at radius 3 is 2.93 bits per heavy atom. The molecule has 0 aliphatic carbocycles. The van der Waals surface area contributed by atoms with Gasteiger partial charge < -0.3 is 14.7 Å². The molecule has 152 valence electrons. The van der Waals surface area contributed by atoms with Crippen LogP contribution in [0.2, 0.25) is 0 Å². The van der Waals surface area contributed by atoms with Crippen LogP contribution in [0.4, 0.5) is 0 Å². The molecule has 1 saturated heterocycles. The number of hydrogen-bond acceptors (Lipinski definition) is 7. The Bertz CT molecular complexity index is 1210. The highest BCUT2D eigenvalue weighted by atomic mass is 32.1. The molecule has 8 heteroatoms. The van der Waals surface area contributed by atoms with E-state index in [0.29, 0.717) is 23.3 Å². The van der Waals surface area contributed by atoms with Crippen molar-refractivity contribution in [2.75, 3.05) is 20.2 Å². The van der Waals surface area contributed by atoms with E-state index in [-0.39, 0.29) is 24.8 Å². The van der Waals surface area contributed by atoms with Gasteiger partial charge in [-0.05, 0) is 30.5 Å². The molecule has 1 N–H and O–H groups in total. The van der Waals surface area contributed by atoms with Gasteiger partial charge >= 0.3 is 5.97 Å². The largest absolute Gasteiger partial charge is 0.460 e. The zero-order chi connectivity index (χ0) is 21.3. The molecule has 1 atom stereocenters. The minimum atomic E-state index is -1.65. The van der Waals surface area contributed by atoms with Gasteiger partial charge in [0, 0.05) is 31.1 Å². The maximum Gasteiger partial charge on any atom is 0.376 e. The van der Waals surface area contributed by atoms with Gasteiger partial charge in [-0.25, -0.2) is 14.8 Å². The highest BCUT2D eigenvalue weighted by molar-refractivity contribution is 7.17. The lowest BCUT2D eigenvalue weighted by molar-refractivity contribution is -0.137. The van der Waals surface area contributed by atoms with E-state index in [4.69, 9.17) is 4.74 Å². The van der Waals surface area contributed by atoms with Gasteiger partial charge in [-0.15, -0.1) is 11.3 Å². The first-order valence-corrected chi connectivity index (χ1v) is 10.3. The molecule has 1 aliphatic rings. The molecule has 1 fully saturated rings. The normalized spacial score (nSPS) is 18.4. The fraction of sp³-hybridized carbons (Fsp3) is 0.273. The molecule has 3 aromatic rings. The second kappa shape index (κ2) is 7.86. The minimum absolute atomic E-state index is 0.00291. The van der Waals surface area contributed by atoms with Crippen LogP contribution in [0.25, 0.3) is 21.5 Å². The highest BCUT2D eigenvalue weighted by Gasteiger charge is 2.42. The Morgan fingerprint density at radius 1 is 1.37 bits per heavy atom. The number of amides is 1. The quantitative estimate of drug-likeness (QED) is 0.516. The molecule has 0 saturated carbocycles. The number of nitrogens with zero attached hydrogens (tertiary/aromatic N) is 3. The van der Waals surface area contributed by atoms with Crippen LogP contribution in [-0.2, 0) is 9.53 Å². The van der Waals surface area contributed by atoms with Gasteiger partial charge in [-0.2, -0.15) is 0 Å². The Balaban J connectivity index is 1.74. The lowest BCUT2D eigenvalue weighted by Crippen LogP contribution is -2.37. The van der Waals surface area contributed by atoms with Crippen molar-refractivity contribution in [3.05, 3.63) is 47.1 Å². The van der Waals surface area contributed by atoms with Gasteiger partial charge in [0.05, 0.1) is 22.5 Å². The van der Waals surface area contributed by atoms with Crippen LogP contribution in [-0.4, -0.2) is 57.7 Å². The molecule has 0 spiro atoms. The summed E-state index contributed by atoms with van der Waals surface area (Å²) in [6.45, 7) is 2.43. The van der Waals surface area contributed by atoms with Crippen LogP contribution in [0.15, 0.2) is 35.7 Å². The number of likely N-dealkylation sites (tertiary alicyclic amines) is 1. The standard InChI is InChI=1S/C22H19N3O4S/c1-3-29-20(26)19-23-16-8-12-30-18(16)17(24-19)15-6-4-5-14(13-15)7-9-22(28)10-11-25(2)21(22)27/h4-6,8,12-13,28H,3,10-11H2,1-2H3/t22-/m0/s1. The molecule has 0 unspecified atom stereocenters. The molecule has 1 aromatic carbocycles. The first-order chi connectivity index (χ1) is 14.4. The number of likely N-dealkylation sites (N-methyl/N-ethyl adjacent to an activating group) is 1. The number of ether oxygens (including phenoxy) is 1. The number of esters is 1. The summed E-state index contributed by atoms with van der Waals surface area (Å²) in [5.74, 6) is 4.67. The Morgan fingerprint density at radius 2 is 2.20 bits per heavy atom. The molecule has 0 radical (unpaired) electrons. The third-order valence-electron chi connectivity index (χ3n) is 4.82. The van der Waals surface area contributed by atoms with Crippen LogP contribution >= 0.6 is 11.3 Å². The van der Waals surface area contributed by atoms with Gasteiger partial charge in [0.25, 0.3) is 5.91 Å². The van der Waals surface area contributed by atoms with Gasteiger partial charge in [-0.3, -0.25) is 4.79 Å². The van der Waals surface area contributed by atoms with Crippen LogP contribution in [0.5, 0.6) is 0 Å². The van der Waals surface area contributed by atoms with Crippen molar-refractivity contribution in [1.29, 1.82) is 0 Å². The van der Waals surface area contributed by atoms with Crippen molar-refractivity contribution in [2.45, 2.75) is 18.9 Å². The van der Waals surface area contributed by atoms with E-state index in [1.165, 1.54) is 16.2 Å². The second-order valence-electron chi connectivity index (χ2n) is 6.92. The molecule has 3 heterocycles. The third-order valence-corrected chi connectivity index (χ3v) is 5.73. The summed E-state index contributed by atoms with van der Waals surface area (Å²) in [5.41, 5.74) is 1.00. The first kappa shape index (κ1) is 20.0. The van der Waals surface area contributed by atoms with Crippen LogP contribution in [0, 0.1) is 11.8 Å². The number of carbonyl (C=O) groups is 2. The average Bonchev–Trinajstić information content (AvgIpc) is 3.33. The third kappa shape index (κ3) is 3.65. The van der Waals surface area contributed by atoms with Crippen LogP contribution in [0.3, 0.4) is 0 Å². The van der Waals surface area contributed by atoms with E-state index in [0.717, 1.165) is 10.3 Å². The number of thiophene rings is 1. The van der Waals surface area contributed by atoms with Gasteiger partial charge in [0.1, 0.15) is 0 Å². The van der Waals surface area contributed by atoms with Crippen LogP contribution in [0.1, 0.15) is 29.5 Å². The lowest BCUT2D eigenvalue weighted by atomic mass is 10.0. The zero-order valence-electron chi connectivity index (χ0n) is 16.5. The molecule has 2 aromatic heterocycles. The number of fused-ring (bicyclic) bond motifs is 1. The molecule has 0 bridgehead atoms. The van der Waals surface area contributed by atoms with Crippen LogP contribution < -0.4 is 0 Å². The number of benzene rings is 1. The fourth-order valence-electron chi connectivity index (χ4n) is 3.24. The topological polar surface area (TPSA) is 92.6 Å². The number of aromatic nitrogens is 2. The summed E-state index contributed by atoms with van der Waals surface area (Å²) < 4.78 is 5.89. The SMILES string of the molecule is CCOC(=O)c1nc(-c2cccc(C#C[C@]3(O)CCN(C)C3=O)c2)c2sccc2n1. The summed E-state index contributed by atoms with van der Waals surface area (Å²) in [7, 11) is 1.64. The van der Waals surface area contributed by atoms with Gasteiger partial charge in [0.15, 0.2) is 0 Å². The maximum absolute atomic E-state index is 12.2. The zero-order valence-corrected chi connectivity index (χ0v) is 17.3. The van der Waals surface area contributed by atoms with E-state index in [9.17, 15) is 14.7 Å². The summed E-state index contributed by atoms with van der Waals surface area (Å²) in [6, 6.07) is 9.12. The molecule has 7 nitrogen and oxygen atoms in total. The average molecular weight is 421 g/mol. The van der Waals surface area contributed by atoms with E-state index in [1.807, 2.05) is 29.6 Å². The smallest absolute Gasteiger partial charge is 0.376 e. The minimum Gasteiger partial charge on any atom is -0.460 e. The van der Waals surface area contributed by atoms with Crippen molar-refractivity contribution in [2.24, 2.45) is 0 Å². The molecular formula is C22H19N3O4S. The number of carbonyl (C=O) groups excluding carboxylic acids is 2. The van der Waals surface area contributed by atoms with E-state index in [1.54, 1.807) is 20.0 Å². The Hall–Kier alpha value is -3.28. The molecule has 30 heavy (non-hydrogen) atoms. The second-order valence-corrected chi connectivity index (χ2v) is 7.84. The summed E-state index contributed by atoms with van der Waals surface area (Å²) >= 11 is 1.48. The van der Waals surface area contributed by atoms with Crippen molar-refractivity contribution in [1.82, 2.24) is 14.9 Å². The summed E-state index contributed by atoms with van der Waals surface area (Å²) in [5, 5.41) is 12.4. The van der Waals surface area contributed by atoms with Crippen molar-refractivity contribution < 1.29 is 19.4 Å². The molecular weight excluding hydrogens is 402 g/mol. The summed E-state index contributed by atoms with van der Waals surface area (Å²) in [4.78, 5) is 34.5. The molecule has 1 amide bonds.